The molecular formula is C38H42O17S. The molecule has 3 aromatic rings. The number of ether oxygens (including phenoxy) is 10. The first-order valence-electron chi connectivity index (χ1n) is 16.7. The van der Waals surface area contributed by atoms with E-state index in [2.05, 4.69) is 0 Å². The van der Waals surface area contributed by atoms with E-state index in [0.29, 0.717) is 22.8 Å². The molecule has 1 aliphatic rings. The Labute approximate surface area is 323 Å². The number of benzene rings is 3. The molecule has 302 valence electrons. The van der Waals surface area contributed by atoms with Gasteiger partial charge in [0.1, 0.15) is 4.90 Å². The number of hydrogen-bond donors (Lipinski definition) is 0. The van der Waals surface area contributed by atoms with Crippen LogP contribution in [-0.4, -0.2) is 98.5 Å². The molecule has 0 aromatic heterocycles. The highest BCUT2D eigenvalue weighted by Crippen LogP contribution is 2.45. The second kappa shape index (κ2) is 18.5. The summed E-state index contributed by atoms with van der Waals surface area (Å²) in [6.45, 7) is 4.87. The Morgan fingerprint density at radius 2 is 1.20 bits per heavy atom. The quantitative estimate of drug-likeness (QED) is 0.0921. The van der Waals surface area contributed by atoms with Crippen molar-refractivity contribution in [3.8, 4) is 34.5 Å². The Balaban J connectivity index is 1.98. The fourth-order valence-electron chi connectivity index (χ4n) is 5.59. The first-order chi connectivity index (χ1) is 26.6. The summed E-state index contributed by atoms with van der Waals surface area (Å²) in [5.41, 5.74) is 1.43. The van der Waals surface area contributed by atoms with Crippen LogP contribution in [0.1, 0.15) is 37.5 Å². The maximum Gasteiger partial charge on any atom is 0.339 e. The van der Waals surface area contributed by atoms with Gasteiger partial charge in [0.15, 0.2) is 41.3 Å². The molecule has 1 saturated heterocycles. The highest BCUT2D eigenvalue weighted by atomic mass is 32.2. The molecule has 18 heteroatoms. The van der Waals surface area contributed by atoms with Crippen LogP contribution in [0.5, 0.6) is 34.5 Å². The molecule has 0 saturated carbocycles. The van der Waals surface area contributed by atoms with Crippen molar-refractivity contribution in [2.45, 2.75) is 63.3 Å². The Morgan fingerprint density at radius 1 is 0.643 bits per heavy atom. The highest BCUT2D eigenvalue weighted by Gasteiger charge is 2.56. The zero-order valence-corrected chi connectivity index (χ0v) is 32.8. The summed E-state index contributed by atoms with van der Waals surface area (Å²) < 4.78 is 88.7. The van der Waals surface area contributed by atoms with Crippen molar-refractivity contribution in [1.82, 2.24) is 0 Å². The molecule has 17 nitrogen and oxygen atoms in total. The second-order valence-electron chi connectivity index (χ2n) is 11.9. The summed E-state index contributed by atoms with van der Waals surface area (Å²) in [7, 11) is 2.01. The largest absolute Gasteiger partial charge is 0.493 e. The van der Waals surface area contributed by atoms with E-state index in [1.807, 2.05) is 0 Å². The third kappa shape index (κ3) is 9.99. The molecule has 0 amide bonds. The number of rotatable bonds is 15. The fraction of sp³-hybridized carbons (Fsp3) is 0.368. The number of carbonyl (C=O) groups is 4. The molecule has 0 radical (unpaired) electrons. The van der Waals surface area contributed by atoms with Crippen LogP contribution >= 0.6 is 0 Å². The summed E-state index contributed by atoms with van der Waals surface area (Å²) in [5, 5.41) is 0. The first kappa shape index (κ1) is 42.7. The number of hydrogen-bond acceptors (Lipinski definition) is 17. The Bertz CT molecular complexity index is 2030. The lowest BCUT2D eigenvalue weighted by Crippen LogP contribution is -2.64. The monoisotopic (exact) mass is 802 g/mol. The van der Waals surface area contributed by atoms with Gasteiger partial charge in [0, 0.05) is 26.3 Å². The normalized spacial score (nSPS) is 19.3. The van der Waals surface area contributed by atoms with Crippen molar-refractivity contribution in [3.63, 3.8) is 0 Å². The number of esters is 4. The van der Waals surface area contributed by atoms with Crippen LogP contribution in [0.4, 0.5) is 0 Å². The Hall–Kier alpha value is -6.01. The summed E-state index contributed by atoms with van der Waals surface area (Å²) in [4.78, 5) is 50.0. The Morgan fingerprint density at radius 3 is 1.71 bits per heavy atom. The summed E-state index contributed by atoms with van der Waals surface area (Å²) in [6.07, 6.45) is -5.78. The summed E-state index contributed by atoms with van der Waals surface area (Å²) in [6, 6.07) is 12.0. The van der Waals surface area contributed by atoms with E-state index in [4.69, 9.17) is 51.6 Å². The number of aryl methyl sites for hydroxylation is 1. The minimum absolute atomic E-state index is 0.125. The van der Waals surface area contributed by atoms with Crippen molar-refractivity contribution in [2.75, 3.05) is 35.5 Å². The lowest BCUT2D eigenvalue weighted by Gasteiger charge is -2.43. The van der Waals surface area contributed by atoms with Gasteiger partial charge in [-0.3, -0.25) is 14.4 Å². The average molecular weight is 803 g/mol. The van der Waals surface area contributed by atoms with Gasteiger partial charge >= 0.3 is 34.0 Å². The van der Waals surface area contributed by atoms with Crippen LogP contribution in [0, 0.1) is 6.92 Å². The van der Waals surface area contributed by atoms with Crippen LogP contribution in [0.2, 0.25) is 0 Å². The molecular weight excluding hydrogens is 760 g/mol. The topological polar surface area (TPSA) is 204 Å². The van der Waals surface area contributed by atoms with E-state index < -0.39 is 70.5 Å². The minimum atomic E-state index is -4.60. The molecule has 3 aromatic carbocycles. The SMILES string of the molecule is COC(=O)[C@H]1O[C@@H](Oc2c(/C=C\c3cc(OC)c(OC)c(OC)c3)ccc(OC)c2OS(=O)(=O)c2ccc(C)cc2)[C@H](OC(C)=O)[C@@H](OC(C)=O)[C@@H]1OC(C)=O. The van der Waals surface area contributed by atoms with Gasteiger partial charge in [-0.1, -0.05) is 29.8 Å². The maximum atomic E-state index is 13.8. The molecule has 1 fully saturated rings. The van der Waals surface area contributed by atoms with E-state index in [9.17, 15) is 27.6 Å². The smallest absolute Gasteiger partial charge is 0.339 e. The lowest BCUT2D eigenvalue weighted by atomic mass is 9.97. The molecule has 0 N–H and O–H groups in total. The predicted molar refractivity (Wildman–Crippen MR) is 195 cm³/mol. The van der Waals surface area contributed by atoms with Crippen molar-refractivity contribution < 1.29 is 79.1 Å². The molecule has 1 heterocycles. The van der Waals surface area contributed by atoms with Crippen molar-refractivity contribution in [2.24, 2.45) is 0 Å². The standard InChI is InChI=1S/C38H42O17S/c1-20-10-15-26(16-11-20)56(43,44)55-32-27(45-5)17-14-25(13-12-24-18-28(46-6)31(48-8)29(19-24)47-7)30(32)53-38-36(52-23(4)41)34(51-22(3)40)33(50-21(2)39)35(54-38)37(42)49-9/h10-19,33-36,38H,1-9H3/b13-12-/t33-,34-,35-,36+,38+/m0/s1. The Kier molecular flexibility index (Phi) is 14.2. The second-order valence-corrected chi connectivity index (χ2v) is 13.5. The van der Waals surface area contributed by atoms with Crippen LogP contribution in [0.25, 0.3) is 12.2 Å². The highest BCUT2D eigenvalue weighted by molar-refractivity contribution is 7.87. The zero-order chi connectivity index (χ0) is 41.3. The van der Waals surface area contributed by atoms with E-state index in [1.54, 1.807) is 37.3 Å². The van der Waals surface area contributed by atoms with Crippen LogP contribution in [0.3, 0.4) is 0 Å². The molecule has 56 heavy (non-hydrogen) atoms. The van der Waals surface area contributed by atoms with Crippen molar-refractivity contribution in [1.29, 1.82) is 0 Å². The van der Waals surface area contributed by atoms with Crippen LogP contribution in [0.15, 0.2) is 53.4 Å². The van der Waals surface area contributed by atoms with Gasteiger partial charge in [0.25, 0.3) is 0 Å². The zero-order valence-electron chi connectivity index (χ0n) is 32.0. The molecule has 0 unspecified atom stereocenters. The van der Waals surface area contributed by atoms with E-state index >= 15 is 0 Å². The number of carbonyl (C=O) groups excluding carboxylic acids is 4. The molecule has 5 atom stereocenters. The lowest BCUT2D eigenvalue weighted by molar-refractivity contribution is -0.282. The first-order valence-corrected chi connectivity index (χ1v) is 18.1. The van der Waals surface area contributed by atoms with Gasteiger partial charge in [0.05, 0.1) is 35.5 Å². The maximum absolute atomic E-state index is 13.8. The van der Waals surface area contributed by atoms with Gasteiger partial charge in [-0.15, -0.1) is 0 Å². The van der Waals surface area contributed by atoms with Gasteiger partial charge in [-0.2, -0.15) is 8.42 Å². The fourth-order valence-corrected chi connectivity index (χ4v) is 6.53. The molecule has 4 rings (SSSR count). The van der Waals surface area contributed by atoms with E-state index in [-0.39, 0.29) is 22.0 Å². The third-order valence-corrected chi connectivity index (χ3v) is 9.28. The number of methoxy groups -OCH3 is 5. The van der Waals surface area contributed by atoms with Gasteiger partial charge in [-0.25, -0.2) is 4.79 Å². The van der Waals surface area contributed by atoms with Crippen molar-refractivity contribution >= 4 is 46.1 Å². The summed E-state index contributed by atoms with van der Waals surface area (Å²) >= 11 is 0. The molecule has 1 aliphatic heterocycles. The molecule has 0 bridgehead atoms. The minimum Gasteiger partial charge on any atom is -0.493 e. The van der Waals surface area contributed by atoms with Crippen LogP contribution in [-0.2, 0) is 53.0 Å². The van der Waals surface area contributed by atoms with E-state index in [0.717, 1.165) is 33.4 Å². The average Bonchev–Trinajstić information content (AvgIpc) is 3.15. The summed E-state index contributed by atoms with van der Waals surface area (Å²) in [5.74, 6) is -3.85. The van der Waals surface area contributed by atoms with Crippen LogP contribution < -0.4 is 27.9 Å². The molecule has 0 aliphatic carbocycles. The van der Waals surface area contributed by atoms with E-state index in [1.165, 1.54) is 58.8 Å². The predicted octanol–water partition coefficient (Wildman–Crippen LogP) is 4.04. The van der Waals surface area contributed by atoms with Gasteiger partial charge in [-0.05, 0) is 48.9 Å². The molecule has 0 spiro atoms. The van der Waals surface area contributed by atoms with Crippen molar-refractivity contribution in [3.05, 3.63) is 65.2 Å². The van der Waals surface area contributed by atoms with Gasteiger partial charge in [0.2, 0.25) is 23.9 Å². The third-order valence-electron chi connectivity index (χ3n) is 8.04. The van der Waals surface area contributed by atoms with Gasteiger partial charge < -0.3 is 51.6 Å².